The monoisotopic (exact) mass is 316 g/mol. The molecule has 1 aromatic heterocycles. The molecule has 1 heterocycles. The third kappa shape index (κ3) is 4.48. The number of benzene rings is 1. The lowest BCUT2D eigenvalue weighted by Gasteiger charge is -2.15. The van der Waals surface area contributed by atoms with Crippen molar-refractivity contribution >= 4 is 11.9 Å². The molecule has 0 saturated heterocycles. The summed E-state index contributed by atoms with van der Waals surface area (Å²) in [5, 5.41) is 2.86. The zero-order valence-corrected chi connectivity index (χ0v) is 13.8. The van der Waals surface area contributed by atoms with Gasteiger partial charge in [0.25, 0.3) is 5.91 Å². The minimum Gasteiger partial charge on any atom is -0.350 e. The predicted molar refractivity (Wildman–Crippen MR) is 88.2 cm³/mol. The van der Waals surface area contributed by atoms with E-state index >= 15 is 0 Å². The second kappa shape index (κ2) is 7.17. The van der Waals surface area contributed by atoms with Gasteiger partial charge in [-0.3, -0.25) is 4.79 Å². The molecule has 0 fully saturated rings. The summed E-state index contributed by atoms with van der Waals surface area (Å²) in [6.45, 7) is 4.25. The van der Waals surface area contributed by atoms with Crippen LogP contribution in [0.25, 0.3) is 0 Å². The van der Waals surface area contributed by atoms with Crippen molar-refractivity contribution in [2.24, 2.45) is 0 Å². The first kappa shape index (κ1) is 16.9. The van der Waals surface area contributed by atoms with E-state index in [1.54, 1.807) is 23.1 Å². The lowest BCUT2D eigenvalue weighted by atomic mass is 10.0. The van der Waals surface area contributed by atoms with Crippen molar-refractivity contribution in [1.29, 1.82) is 0 Å². The van der Waals surface area contributed by atoms with Crippen molar-refractivity contribution in [3.63, 3.8) is 0 Å². The van der Waals surface area contributed by atoms with Gasteiger partial charge in [0.05, 0.1) is 0 Å². The van der Waals surface area contributed by atoms with Crippen LogP contribution in [0, 0.1) is 12.7 Å². The van der Waals surface area contributed by atoms with Crippen molar-refractivity contribution in [2.45, 2.75) is 19.8 Å². The van der Waals surface area contributed by atoms with Gasteiger partial charge in [0.15, 0.2) is 0 Å². The first-order valence-electron chi connectivity index (χ1n) is 7.43. The fourth-order valence-corrected chi connectivity index (χ4v) is 2.11. The zero-order valence-electron chi connectivity index (χ0n) is 13.8. The van der Waals surface area contributed by atoms with Crippen LogP contribution < -0.4 is 10.2 Å². The molecule has 2 rings (SSSR count). The van der Waals surface area contributed by atoms with Crippen LogP contribution in [0.3, 0.4) is 0 Å². The molecule has 23 heavy (non-hydrogen) atoms. The summed E-state index contributed by atoms with van der Waals surface area (Å²) in [6.07, 6.45) is 0. The number of nitrogens with zero attached hydrogens (tertiary/aromatic N) is 3. The highest BCUT2D eigenvalue weighted by atomic mass is 19.1. The van der Waals surface area contributed by atoms with Crippen LogP contribution in [0.15, 0.2) is 30.3 Å². The molecule has 1 amide bonds. The highest BCUT2D eigenvalue weighted by Gasteiger charge is 2.13. The van der Waals surface area contributed by atoms with Crippen molar-refractivity contribution in [3.8, 4) is 0 Å². The maximum Gasteiger partial charge on any atom is 0.270 e. The van der Waals surface area contributed by atoms with E-state index < -0.39 is 0 Å². The average molecular weight is 316 g/mol. The largest absolute Gasteiger partial charge is 0.350 e. The van der Waals surface area contributed by atoms with E-state index in [0.29, 0.717) is 18.2 Å². The third-order valence-electron chi connectivity index (χ3n) is 3.48. The fraction of sp³-hybridized carbons (Fsp3) is 0.353. The molecule has 6 heteroatoms. The van der Waals surface area contributed by atoms with E-state index in [2.05, 4.69) is 15.3 Å². The summed E-state index contributed by atoms with van der Waals surface area (Å²) >= 11 is 0. The molecule has 0 saturated carbocycles. The predicted octanol–water partition coefficient (Wildman–Crippen LogP) is 2.52. The van der Waals surface area contributed by atoms with E-state index in [-0.39, 0.29) is 17.6 Å². The number of amides is 1. The second-order valence-electron chi connectivity index (χ2n) is 5.75. The minimum absolute atomic E-state index is 0.0794. The van der Waals surface area contributed by atoms with Crippen LogP contribution in [0.5, 0.6) is 0 Å². The van der Waals surface area contributed by atoms with Gasteiger partial charge < -0.3 is 10.2 Å². The van der Waals surface area contributed by atoms with Gasteiger partial charge in [0.1, 0.15) is 11.5 Å². The zero-order chi connectivity index (χ0) is 17.0. The molecule has 2 aromatic rings. The molecular weight excluding hydrogens is 295 g/mol. The van der Waals surface area contributed by atoms with Crippen molar-refractivity contribution < 1.29 is 9.18 Å². The number of hydrogen-bond donors (Lipinski definition) is 1. The molecule has 1 unspecified atom stereocenters. The smallest absolute Gasteiger partial charge is 0.270 e. The Hall–Kier alpha value is -2.50. The van der Waals surface area contributed by atoms with Crippen molar-refractivity contribution in [1.82, 2.24) is 15.3 Å². The Labute approximate surface area is 135 Å². The number of aryl methyl sites for hydroxylation is 1. The number of hydrogen-bond acceptors (Lipinski definition) is 4. The van der Waals surface area contributed by atoms with Crippen LogP contribution in [0.2, 0.25) is 0 Å². The molecule has 0 radical (unpaired) electrons. The first-order valence-corrected chi connectivity index (χ1v) is 7.43. The maximum atomic E-state index is 12.9. The normalized spacial score (nSPS) is 11.9. The third-order valence-corrected chi connectivity index (χ3v) is 3.48. The molecule has 0 bridgehead atoms. The Balaban J connectivity index is 2.03. The van der Waals surface area contributed by atoms with Crippen molar-refractivity contribution in [2.75, 3.05) is 25.5 Å². The van der Waals surface area contributed by atoms with Crippen LogP contribution in [-0.2, 0) is 0 Å². The molecule has 1 atom stereocenters. The lowest BCUT2D eigenvalue weighted by molar-refractivity contribution is 0.0946. The highest BCUT2D eigenvalue weighted by Crippen LogP contribution is 2.15. The van der Waals surface area contributed by atoms with Gasteiger partial charge in [0.2, 0.25) is 5.95 Å². The van der Waals surface area contributed by atoms with E-state index in [1.807, 2.05) is 27.9 Å². The van der Waals surface area contributed by atoms with Gasteiger partial charge in [-0.25, -0.2) is 14.4 Å². The topological polar surface area (TPSA) is 58.1 Å². The quantitative estimate of drug-likeness (QED) is 0.921. The highest BCUT2D eigenvalue weighted by molar-refractivity contribution is 5.92. The molecule has 122 valence electrons. The summed E-state index contributed by atoms with van der Waals surface area (Å²) < 4.78 is 12.9. The van der Waals surface area contributed by atoms with Gasteiger partial charge >= 0.3 is 0 Å². The molecule has 0 aliphatic carbocycles. The molecule has 0 aliphatic heterocycles. The van der Waals surface area contributed by atoms with Gasteiger partial charge in [-0.1, -0.05) is 19.1 Å². The van der Waals surface area contributed by atoms with Crippen molar-refractivity contribution in [3.05, 3.63) is 53.1 Å². The Bertz CT molecular complexity index is 685. The van der Waals surface area contributed by atoms with Crippen LogP contribution >= 0.6 is 0 Å². The van der Waals surface area contributed by atoms with Crippen LogP contribution in [0.1, 0.15) is 34.6 Å². The van der Waals surface area contributed by atoms with Gasteiger partial charge in [-0.15, -0.1) is 0 Å². The number of carbonyl (C=O) groups is 1. The van der Waals surface area contributed by atoms with E-state index in [4.69, 9.17) is 0 Å². The number of anilines is 1. The molecule has 5 nitrogen and oxygen atoms in total. The van der Waals surface area contributed by atoms with E-state index in [0.717, 1.165) is 11.3 Å². The molecular formula is C17H21FN4O. The number of carbonyl (C=O) groups excluding carboxylic acids is 1. The molecule has 1 N–H and O–H groups in total. The number of rotatable bonds is 5. The summed E-state index contributed by atoms with van der Waals surface area (Å²) in [6, 6.07) is 7.96. The fourth-order valence-electron chi connectivity index (χ4n) is 2.11. The Morgan fingerprint density at radius 3 is 2.52 bits per heavy atom. The summed E-state index contributed by atoms with van der Waals surface area (Å²) in [5.74, 6) is 0.0720. The van der Waals surface area contributed by atoms with Crippen LogP contribution in [0.4, 0.5) is 10.3 Å². The standard InChI is InChI=1S/C17H21FN4O/c1-11(13-5-7-14(18)8-6-13)10-19-16(23)15-9-12(2)20-17(21-15)22(3)4/h5-9,11H,10H2,1-4H3,(H,19,23). The van der Waals surface area contributed by atoms with Gasteiger partial charge in [0, 0.05) is 26.3 Å². The molecule has 1 aromatic carbocycles. The molecule has 0 spiro atoms. The SMILES string of the molecule is Cc1cc(C(=O)NCC(C)c2ccc(F)cc2)nc(N(C)C)n1. The number of halogens is 1. The van der Waals surface area contributed by atoms with Gasteiger partial charge in [-0.05, 0) is 36.6 Å². The summed E-state index contributed by atoms with van der Waals surface area (Å²) in [5.41, 5.74) is 2.05. The molecule has 0 aliphatic rings. The first-order chi connectivity index (χ1) is 10.9. The summed E-state index contributed by atoms with van der Waals surface area (Å²) in [7, 11) is 3.65. The second-order valence-corrected chi connectivity index (χ2v) is 5.75. The van der Waals surface area contributed by atoms with Gasteiger partial charge in [-0.2, -0.15) is 0 Å². The number of nitrogens with one attached hydrogen (secondary N) is 1. The lowest BCUT2D eigenvalue weighted by Crippen LogP contribution is -2.29. The Morgan fingerprint density at radius 2 is 1.91 bits per heavy atom. The Kier molecular flexibility index (Phi) is 5.26. The van der Waals surface area contributed by atoms with E-state index in [1.165, 1.54) is 12.1 Å². The van der Waals surface area contributed by atoms with Crippen LogP contribution in [-0.4, -0.2) is 36.5 Å². The average Bonchev–Trinajstić information content (AvgIpc) is 2.52. The maximum absolute atomic E-state index is 12.9. The summed E-state index contributed by atoms with van der Waals surface area (Å²) in [4.78, 5) is 22.6. The Morgan fingerprint density at radius 1 is 1.26 bits per heavy atom. The number of aromatic nitrogens is 2. The van der Waals surface area contributed by atoms with E-state index in [9.17, 15) is 9.18 Å². The minimum atomic E-state index is -0.266.